The third-order valence-electron chi connectivity index (χ3n) is 3.19. The number of aryl methyl sites for hydroxylation is 1. The van der Waals surface area contributed by atoms with E-state index in [1.54, 1.807) is 0 Å². The first-order valence-corrected chi connectivity index (χ1v) is 5.92. The minimum atomic E-state index is -0.550. The highest BCUT2D eigenvalue weighted by molar-refractivity contribution is 6.32. The van der Waals surface area contributed by atoms with Gasteiger partial charge in [0.1, 0.15) is 5.75 Å². The molecule has 0 saturated heterocycles. The molecule has 1 aliphatic rings. The molecule has 0 saturated carbocycles. The van der Waals surface area contributed by atoms with Gasteiger partial charge in [0.2, 0.25) is 0 Å². The number of aliphatic hydroxyl groups excluding tert-OH is 1. The molecule has 0 aromatic heterocycles. The number of aliphatic hydroxyl groups is 1. The van der Waals surface area contributed by atoms with Gasteiger partial charge in [-0.1, -0.05) is 11.6 Å². The van der Waals surface area contributed by atoms with Crippen LogP contribution in [0, 0.1) is 0 Å². The van der Waals surface area contributed by atoms with Crippen molar-refractivity contribution >= 4 is 11.6 Å². The van der Waals surface area contributed by atoms with Crippen molar-refractivity contribution in [3.05, 3.63) is 27.8 Å². The quantitative estimate of drug-likeness (QED) is 0.741. The maximum atomic E-state index is 9.93. The Kier molecular flexibility index (Phi) is 3.38. The average Bonchev–Trinajstić information content (AvgIpc) is 2.30. The number of nitrogens with two attached hydrogens (primary N) is 1. The predicted octanol–water partition coefficient (Wildman–Crippen LogP) is 1.92. The molecule has 0 amide bonds. The Balaban J connectivity index is 2.59. The van der Waals surface area contributed by atoms with E-state index in [4.69, 9.17) is 22.4 Å². The molecule has 1 unspecified atom stereocenters. The summed E-state index contributed by atoms with van der Waals surface area (Å²) in [6.45, 7) is -0.180. The highest BCUT2D eigenvalue weighted by atomic mass is 35.5. The minimum absolute atomic E-state index is 0.0314. The van der Waals surface area contributed by atoms with Crippen molar-refractivity contribution in [1.29, 1.82) is 0 Å². The van der Waals surface area contributed by atoms with Gasteiger partial charge < -0.3 is 15.9 Å². The molecule has 0 radical (unpaired) electrons. The molecule has 2 rings (SSSR count). The fourth-order valence-electron chi connectivity index (χ4n) is 2.38. The van der Waals surface area contributed by atoms with E-state index in [1.807, 2.05) is 6.07 Å². The van der Waals surface area contributed by atoms with E-state index in [0.717, 1.165) is 36.8 Å². The lowest BCUT2D eigenvalue weighted by Crippen LogP contribution is -2.19. The lowest BCUT2D eigenvalue weighted by Gasteiger charge is -2.23. The number of fused-ring (bicyclic) bond motifs is 1. The second-order valence-corrected chi connectivity index (χ2v) is 4.66. The van der Waals surface area contributed by atoms with Gasteiger partial charge in [0.05, 0.1) is 17.7 Å². The van der Waals surface area contributed by atoms with Crippen LogP contribution in [-0.4, -0.2) is 16.8 Å². The highest BCUT2D eigenvalue weighted by Gasteiger charge is 2.22. The van der Waals surface area contributed by atoms with Gasteiger partial charge in [-0.2, -0.15) is 0 Å². The topological polar surface area (TPSA) is 66.5 Å². The maximum absolute atomic E-state index is 9.93. The molecule has 4 N–H and O–H groups in total. The van der Waals surface area contributed by atoms with Gasteiger partial charge >= 0.3 is 0 Å². The van der Waals surface area contributed by atoms with E-state index in [-0.39, 0.29) is 12.4 Å². The van der Waals surface area contributed by atoms with Crippen LogP contribution in [0.2, 0.25) is 5.02 Å². The fourth-order valence-corrected chi connectivity index (χ4v) is 2.61. The van der Waals surface area contributed by atoms with E-state index in [0.29, 0.717) is 10.6 Å². The number of rotatable bonds is 2. The molecule has 16 heavy (non-hydrogen) atoms. The Bertz CT molecular complexity index is 406. The van der Waals surface area contributed by atoms with Gasteiger partial charge in [-0.25, -0.2) is 0 Å². The normalized spacial score (nSPS) is 16.9. The van der Waals surface area contributed by atoms with Crippen molar-refractivity contribution < 1.29 is 10.2 Å². The molecule has 1 atom stereocenters. The Labute approximate surface area is 99.8 Å². The Morgan fingerprint density at radius 3 is 2.75 bits per heavy atom. The summed E-state index contributed by atoms with van der Waals surface area (Å²) in [5.41, 5.74) is 8.69. The predicted molar refractivity (Wildman–Crippen MR) is 63.8 cm³/mol. The third-order valence-corrected chi connectivity index (χ3v) is 3.47. The van der Waals surface area contributed by atoms with Crippen LogP contribution >= 0.6 is 11.6 Å². The maximum Gasteiger partial charge on any atom is 0.139 e. The van der Waals surface area contributed by atoms with Crippen LogP contribution < -0.4 is 5.73 Å². The number of halogens is 1. The summed E-state index contributed by atoms with van der Waals surface area (Å²) in [7, 11) is 0. The second kappa shape index (κ2) is 4.62. The summed E-state index contributed by atoms with van der Waals surface area (Å²) in [5.74, 6) is 0.0314. The average molecular weight is 242 g/mol. The number of aromatic hydroxyl groups is 1. The van der Waals surface area contributed by atoms with E-state index in [9.17, 15) is 5.11 Å². The van der Waals surface area contributed by atoms with Crippen molar-refractivity contribution in [2.24, 2.45) is 5.73 Å². The smallest absolute Gasteiger partial charge is 0.139 e. The summed E-state index contributed by atoms with van der Waals surface area (Å²) in [4.78, 5) is 0. The van der Waals surface area contributed by atoms with Gasteiger partial charge in [-0.3, -0.25) is 0 Å². The van der Waals surface area contributed by atoms with Crippen molar-refractivity contribution in [2.45, 2.75) is 31.7 Å². The summed E-state index contributed by atoms with van der Waals surface area (Å²) < 4.78 is 0. The van der Waals surface area contributed by atoms with Gasteiger partial charge in [0, 0.05) is 5.56 Å². The Hall–Kier alpha value is -0.770. The fraction of sp³-hybridized carbons (Fsp3) is 0.500. The molecule has 4 heteroatoms. The van der Waals surface area contributed by atoms with Crippen LogP contribution in [0.4, 0.5) is 0 Å². The summed E-state index contributed by atoms with van der Waals surface area (Å²) in [6.07, 6.45) is 4.12. The first-order chi connectivity index (χ1) is 7.65. The van der Waals surface area contributed by atoms with Crippen LogP contribution in [0.3, 0.4) is 0 Å². The lowest BCUT2D eigenvalue weighted by molar-refractivity contribution is 0.264. The molecule has 3 nitrogen and oxygen atoms in total. The van der Waals surface area contributed by atoms with Crippen LogP contribution in [0.25, 0.3) is 0 Å². The van der Waals surface area contributed by atoms with Crippen molar-refractivity contribution in [1.82, 2.24) is 0 Å². The number of benzene rings is 1. The molecular formula is C12H16ClNO2. The summed E-state index contributed by atoms with van der Waals surface area (Å²) >= 11 is 5.96. The molecule has 88 valence electrons. The van der Waals surface area contributed by atoms with Crippen LogP contribution in [0.5, 0.6) is 5.75 Å². The van der Waals surface area contributed by atoms with E-state index < -0.39 is 6.04 Å². The van der Waals surface area contributed by atoms with Gasteiger partial charge in [0.25, 0.3) is 0 Å². The first-order valence-electron chi connectivity index (χ1n) is 5.54. The number of phenolic OH excluding ortho intramolecular Hbond substituents is 1. The molecular weight excluding hydrogens is 226 g/mol. The number of hydrogen-bond acceptors (Lipinski definition) is 3. The molecule has 1 aromatic carbocycles. The zero-order chi connectivity index (χ0) is 11.7. The van der Waals surface area contributed by atoms with Gasteiger partial charge in [-0.15, -0.1) is 0 Å². The van der Waals surface area contributed by atoms with E-state index in [1.165, 1.54) is 0 Å². The lowest BCUT2D eigenvalue weighted by atomic mass is 9.85. The largest absolute Gasteiger partial charge is 0.506 e. The standard InChI is InChI=1S/C12H16ClNO2/c13-9-5-7-3-1-2-4-8(7)11(12(9)16)10(14)6-15/h5,10,15-16H,1-4,6,14H2. The van der Waals surface area contributed by atoms with Gasteiger partial charge in [-0.05, 0) is 42.9 Å². The van der Waals surface area contributed by atoms with Crippen LogP contribution in [-0.2, 0) is 12.8 Å². The summed E-state index contributed by atoms with van der Waals surface area (Å²) in [5, 5.41) is 19.4. The molecule has 0 bridgehead atoms. The molecule has 1 aliphatic carbocycles. The molecule has 1 aromatic rings. The molecule has 0 spiro atoms. The summed E-state index contributed by atoms with van der Waals surface area (Å²) in [6, 6.07) is 1.27. The third kappa shape index (κ3) is 1.90. The monoisotopic (exact) mass is 241 g/mol. The number of phenols is 1. The van der Waals surface area contributed by atoms with Crippen molar-refractivity contribution in [3.8, 4) is 5.75 Å². The van der Waals surface area contributed by atoms with E-state index >= 15 is 0 Å². The minimum Gasteiger partial charge on any atom is -0.506 e. The SMILES string of the molecule is NC(CO)c1c(O)c(Cl)cc2c1CCCC2. The Morgan fingerprint density at radius 2 is 2.06 bits per heavy atom. The van der Waals surface area contributed by atoms with Gasteiger partial charge in [0.15, 0.2) is 0 Å². The molecule has 0 heterocycles. The molecule has 0 fully saturated rings. The number of hydrogen-bond donors (Lipinski definition) is 3. The van der Waals surface area contributed by atoms with E-state index in [2.05, 4.69) is 0 Å². The zero-order valence-electron chi connectivity index (χ0n) is 9.04. The van der Waals surface area contributed by atoms with Crippen molar-refractivity contribution in [2.75, 3.05) is 6.61 Å². The van der Waals surface area contributed by atoms with Crippen molar-refractivity contribution in [3.63, 3.8) is 0 Å². The van der Waals surface area contributed by atoms with Crippen LogP contribution in [0.15, 0.2) is 6.07 Å². The Morgan fingerprint density at radius 1 is 1.38 bits per heavy atom. The molecule has 0 aliphatic heterocycles. The van der Waals surface area contributed by atoms with Crippen LogP contribution in [0.1, 0.15) is 35.6 Å². The highest BCUT2D eigenvalue weighted by Crippen LogP contribution is 2.38. The second-order valence-electron chi connectivity index (χ2n) is 4.25. The first kappa shape index (κ1) is 11.7. The zero-order valence-corrected chi connectivity index (χ0v) is 9.80.